The average molecular weight is 571 g/mol. The Morgan fingerprint density at radius 3 is 1.07 bits per heavy atom. The number of hydrogen-bond donors (Lipinski definition) is 0. The van der Waals surface area contributed by atoms with E-state index >= 15 is 0 Å². The molecular weight excluding hydrogens is 530 g/mol. The molecule has 0 amide bonds. The minimum absolute atomic E-state index is 0.0798. The summed E-state index contributed by atoms with van der Waals surface area (Å²) in [7, 11) is -1.09. The van der Waals surface area contributed by atoms with Crippen molar-refractivity contribution in [3.05, 3.63) is 157 Å². The van der Waals surface area contributed by atoms with Crippen LogP contribution >= 0.6 is 15.8 Å². The molecule has 0 aromatic heterocycles. The van der Waals surface area contributed by atoms with Crippen LogP contribution in [0.5, 0.6) is 0 Å². The molecule has 41 heavy (non-hydrogen) atoms. The maximum Gasteiger partial charge on any atom is 0.00715 e. The van der Waals surface area contributed by atoms with Gasteiger partial charge in [0.05, 0.1) is 0 Å². The molecular formula is C39H40P2. The highest BCUT2D eigenvalue weighted by Crippen LogP contribution is 2.54. The molecule has 1 fully saturated rings. The van der Waals surface area contributed by atoms with Gasteiger partial charge in [0.1, 0.15) is 0 Å². The molecule has 0 radical (unpaired) electrons. The lowest BCUT2D eigenvalue weighted by Gasteiger charge is -2.47. The van der Waals surface area contributed by atoms with E-state index in [9.17, 15) is 0 Å². The van der Waals surface area contributed by atoms with Gasteiger partial charge in [-0.15, -0.1) is 0 Å². The number of hydrogen-bond acceptors (Lipinski definition) is 0. The normalized spacial score (nSPS) is 14.4. The van der Waals surface area contributed by atoms with Crippen molar-refractivity contribution in [2.45, 2.75) is 37.5 Å². The first-order chi connectivity index (χ1) is 20.3. The molecule has 206 valence electrons. The van der Waals surface area contributed by atoms with Gasteiger partial charge in [0.15, 0.2) is 0 Å². The van der Waals surface area contributed by atoms with Gasteiger partial charge in [0.2, 0.25) is 0 Å². The summed E-state index contributed by atoms with van der Waals surface area (Å²) in [4.78, 5) is 0. The van der Waals surface area contributed by atoms with E-state index in [0.717, 1.165) is 0 Å². The molecule has 0 spiro atoms. The average Bonchev–Trinajstić information content (AvgIpc) is 3.07. The van der Waals surface area contributed by atoms with E-state index in [2.05, 4.69) is 152 Å². The topological polar surface area (TPSA) is 0 Å². The Labute approximate surface area is 249 Å². The van der Waals surface area contributed by atoms with Crippen LogP contribution in [0.1, 0.15) is 37.7 Å². The van der Waals surface area contributed by atoms with E-state index in [1.165, 1.54) is 65.6 Å². The van der Waals surface area contributed by atoms with Gasteiger partial charge in [-0.05, 0) is 73.7 Å². The van der Waals surface area contributed by atoms with Crippen molar-refractivity contribution in [1.29, 1.82) is 0 Å². The summed E-state index contributed by atoms with van der Waals surface area (Å²) in [6.45, 7) is 0. The lowest BCUT2D eigenvalue weighted by molar-refractivity contribution is 0.243. The van der Waals surface area contributed by atoms with Crippen LogP contribution in [-0.2, 0) is 5.41 Å². The first-order valence-electron chi connectivity index (χ1n) is 15.1. The molecule has 1 aliphatic rings. The first-order valence-corrected chi connectivity index (χ1v) is 18.2. The molecule has 5 aromatic carbocycles. The molecule has 0 heterocycles. The van der Waals surface area contributed by atoms with Gasteiger partial charge in [-0.1, -0.05) is 171 Å². The summed E-state index contributed by atoms with van der Waals surface area (Å²) >= 11 is 0. The SMILES string of the molecule is c1ccc(P(CC(CP(c2ccccc2)c2ccccc2)(c2ccccc2)C2CCCCC2)c2ccccc2)cc1. The molecule has 0 aliphatic heterocycles. The molecule has 1 saturated carbocycles. The number of rotatable bonds is 10. The summed E-state index contributed by atoms with van der Waals surface area (Å²) in [5.41, 5.74) is 1.63. The summed E-state index contributed by atoms with van der Waals surface area (Å²) in [6, 6.07) is 57.3. The second-order valence-electron chi connectivity index (χ2n) is 11.4. The van der Waals surface area contributed by atoms with E-state index in [-0.39, 0.29) is 5.41 Å². The molecule has 0 nitrogen and oxygen atoms in total. The van der Waals surface area contributed by atoms with Crippen LogP contribution in [0.15, 0.2) is 152 Å². The fraction of sp³-hybridized carbons (Fsp3) is 0.231. The van der Waals surface area contributed by atoms with E-state index < -0.39 is 15.8 Å². The minimum Gasteiger partial charge on any atom is -0.0622 e. The smallest absolute Gasteiger partial charge is 0.00715 e. The summed E-state index contributed by atoms with van der Waals surface area (Å²) in [5, 5.41) is 5.98. The predicted molar refractivity (Wildman–Crippen MR) is 183 cm³/mol. The van der Waals surface area contributed by atoms with Crippen molar-refractivity contribution in [2.75, 3.05) is 12.3 Å². The van der Waals surface area contributed by atoms with Gasteiger partial charge in [0, 0.05) is 5.41 Å². The Kier molecular flexibility index (Phi) is 9.42. The van der Waals surface area contributed by atoms with Crippen molar-refractivity contribution >= 4 is 37.1 Å². The van der Waals surface area contributed by atoms with Crippen LogP contribution in [-0.4, -0.2) is 12.3 Å². The van der Waals surface area contributed by atoms with Crippen LogP contribution in [0, 0.1) is 5.92 Å². The van der Waals surface area contributed by atoms with Crippen LogP contribution in [0.2, 0.25) is 0 Å². The van der Waals surface area contributed by atoms with E-state index in [1.54, 1.807) is 5.56 Å². The monoisotopic (exact) mass is 570 g/mol. The Balaban J connectivity index is 1.55. The van der Waals surface area contributed by atoms with Gasteiger partial charge >= 0.3 is 0 Å². The van der Waals surface area contributed by atoms with Gasteiger partial charge < -0.3 is 0 Å². The highest BCUT2D eigenvalue weighted by atomic mass is 31.1. The lowest BCUT2D eigenvalue weighted by Crippen LogP contribution is -2.45. The predicted octanol–water partition coefficient (Wildman–Crippen LogP) is 8.77. The Morgan fingerprint density at radius 2 is 0.732 bits per heavy atom. The molecule has 0 saturated heterocycles. The van der Waals surface area contributed by atoms with Crippen molar-refractivity contribution < 1.29 is 0 Å². The zero-order valence-corrected chi connectivity index (χ0v) is 25.6. The highest BCUT2D eigenvalue weighted by Gasteiger charge is 2.44. The molecule has 0 unspecified atom stereocenters. The highest BCUT2D eigenvalue weighted by molar-refractivity contribution is 7.74. The van der Waals surface area contributed by atoms with Crippen LogP contribution < -0.4 is 21.2 Å². The van der Waals surface area contributed by atoms with Gasteiger partial charge in [-0.25, -0.2) is 0 Å². The third kappa shape index (κ3) is 6.56. The summed E-state index contributed by atoms with van der Waals surface area (Å²) in [6.07, 6.45) is 9.10. The van der Waals surface area contributed by atoms with Gasteiger partial charge in [-0.3, -0.25) is 0 Å². The quantitative estimate of drug-likeness (QED) is 0.147. The Hall–Kier alpha value is -3.04. The summed E-state index contributed by atoms with van der Waals surface area (Å²) < 4.78 is 0. The molecule has 5 aromatic rings. The third-order valence-electron chi connectivity index (χ3n) is 8.89. The maximum absolute atomic E-state index is 2.46. The molecule has 2 heteroatoms. The van der Waals surface area contributed by atoms with Crippen LogP contribution in [0.25, 0.3) is 0 Å². The number of benzene rings is 5. The fourth-order valence-corrected chi connectivity index (χ4v) is 12.7. The Morgan fingerprint density at radius 1 is 0.415 bits per heavy atom. The lowest BCUT2D eigenvalue weighted by atomic mass is 9.67. The van der Waals surface area contributed by atoms with Crippen LogP contribution in [0.4, 0.5) is 0 Å². The first kappa shape index (κ1) is 28.1. The van der Waals surface area contributed by atoms with Crippen molar-refractivity contribution in [3.63, 3.8) is 0 Å². The van der Waals surface area contributed by atoms with E-state index in [1.807, 2.05) is 0 Å². The minimum atomic E-state index is -0.545. The summed E-state index contributed by atoms with van der Waals surface area (Å²) in [5.74, 6) is 0.675. The molecule has 1 aliphatic carbocycles. The van der Waals surface area contributed by atoms with Crippen LogP contribution in [0.3, 0.4) is 0 Å². The fourth-order valence-electron chi connectivity index (χ4n) is 6.81. The second-order valence-corrected chi connectivity index (χ2v) is 15.8. The van der Waals surface area contributed by atoms with Crippen molar-refractivity contribution in [2.24, 2.45) is 5.92 Å². The van der Waals surface area contributed by atoms with Gasteiger partial charge in [-0.2, -0.15) is 0 Å². The third-order valence-corrected chi connectivity index (χ3v) is 14.3. The maximum atomic E-state index is 2.46. The molecule has 0 atom stereocenters. The second kappa shape index (κ2) is 13.7. The van der Waals surface area contributed by atoms with Crippen molar-refractivity contribution in [3.8, 4) is 0 Å². The molecule has 6 rings (SSSR count). The Bertz CT molecular complexity index is 1280. The molecule has 0 N–H and O–H groups in total. The van der Waals surface area contributed by atoms with E-state index in [4.69, 9.17) is 0 Å². The zero-order chi connectivity index (χ0) is 27.7. The van der Waals surface area contributed by atoms with Crippen molar-refractivity contribution in [1.82, 2.24) is 0 Å². The van der Waals surface area contributed by atoms with Gasteiger partial charge in [0.25, 0.3) is 0 Å². The largest absolute Gasteiger partial charge is 0.0622 e. The van der Waals surface area contributed by atoms with E-state index in [0.29, 0.717) is 5.92 Å². The zero-order valence-electron chi connectivity index (χ0n) is 23.9. The molecule has 0 bridgehead atoms. The standard InChI is InChI=1S/C39H40P2/c1-7-19-33(20-8-1)39(34-21-9-2-10-22-34,31-40(35-23-11-3-12-24-35)36-25-13-4-14-26-36)32-41(37-27-15-5-16-28-37)38-29-17-6-18-30-38/h1,3-8,11-20,23-30,34H,2,9-10,21-22,31-32H2.